The van der Waals surface area contributed by atoms with Crippen molar-refractivity contribution in [1.29, 1.82) is 0 Å². The van der Waals surface area contributed by atoms with Crippen LogP contribution in [-0.4, -0.2) is 6.54 Å². The number of thiophene rings is 1. The summed E-state index contributed by atoms with van der Waals surface area (Å²) in [5.41, 5.74) is 2.56. The number of hydrogen-bond acceptors (Lipinski definition) is 2. The summed E-state index contributed by atoms with van der Waals surface area (Å²) in [6, 6.07) is 14.6. The van der Waals surface area contributed by atoms with Crippen LogP contribution in [0.5, 0.6) is 0 Å². The Labute approximate surface area is 142 Å². The SMILES string of the molecule is CCNC(c1ccc(Cl)cc1)c1csc2c(Br)cccc12. The highest BCUT2D eigenvalue weighted by atomic mass is 79.9. The molecule has 0 saturated carbocycles. The zero-order valence-corrected chi connectivity index (χ0v) is 14.7. The molecule has 108 valence electrons. The molecule has 0 bridgehead atoms. The Morgan fingerprint density at radius 3 is 2.67 bits per heavy atom. The fourth-order valence-electron chi connectivity index (χ4n) is 2.53. The van der Waals surface area contributed by atoms with E-state index in [0.717, 1.165) is 16.0 Å². The third-order valence-electron chi connectivity index (χ3n) is 3.50. The molecule has 1 N–H and O–H groups in total. The number of rotatable bonds is 4. The number of halogens is 2. The summed E-state index contributed by atoms with van der Waals surface area (Å²) in [5, 5.41) is 7.90. The topological polar surface area (TPSA) is 12.0 Å². The molecule has 0 aliphatic rings. The summed E-state index contributed by atoms with van der Waals surface area (Å²) in [5.74, 6) is 0. The minimum atomic E-state index is 0.190. The van der Waals surface area contributed by atoms with E-state index in [9.17, 15) is 0 Å². The van der Waals surface area contributed by atoms with Crippen LogP contribution in [0.3, 0.4) is 0 Å². The largest absolute Gasteiger partial charge is 0.306 e. The lowest BCUT2D eigenvalue weighted by Crippen LogP contribution is -2.21. The van der Waals surface area contributed by atoms with Crippen LogP contribution in [0.4, 0.5) is 0 Å². The fraction of sp³-hybridized carbons (Fsp3) is 0.176. The first-order valence-corrected chi connectivity index (χ1v) is 8.90. The van der Waals surface area contributed by atoms with Gasteiger partial charge >= 0.3 is 0 Å². The van der Waals surface area contributed by atoms with Crippen LogP contribution in [0, 0.1) is 0 Å². The van der Waals surface area contributed by atoms with Crippen LogP contribution in [0.1, 0.15) is 24.1 Å². The monoisotopic (exact) mass is 379 g/mol. The van der Waals surface area contributed by atoms with E-state index in [-0.39, 0.29) is 6.04 Å². The second-order valence-electron chi connectivity index (χ2n) is 4.85. The molecule has 1 heterocycles. The van der Waals surface area contributed by atoms with Crippen LogP contribution in [0.2, 0.25) is 5.02 Å². The first kappa shape index (κ1) is 15.0. The molecule has 0 radical (unpaired) electrons. The molecule has 0 saturated heterocycles. The molecule has 0 fully saturated rings. The quantitative estimate of drug-likeness (QED) is 0.584. The van der Waals surface area contributed by atoms with Gasteiger partial charge in [0.25, 0.3) is 0 Å². The van der Waals surface area contributed by atoms with Crippen molar-refractivity contribution in [3.8, 4) is 0 Å². The van der Waals surface area contributed by atoms with Gasteiger partial charge in [-0.2, -0.15) is 0 Å². The zero-order chi connectivity index (χ0) is 14.8. The second kappa shape index (κ2) is 6.49. The molecule has 1 aromatic heterocycles. The molecule has 0 amide bonds. The van der Waals surface area contributed by atoms with Crippen LogP contribution >= 0.6 is 38.9 Å². The van der Waals surface area contributed by atoms with Crippen LogP contribution in [0.15, 0.2) is 52.3 Å². The molecule has 0 spiro atoms. The van der Waals surface area contributed by atoms with Crippen molar-refractivity contribution >= 4 is 49.0 Å². The third-order valence-corrected chi connectivity index (χ3v) is 5.73. The average Bonchev–Trinajstić information content (AvgIpc) is 2.91. The Kier molecular flexibility index (Phi) is 4.65. The lowest BCUT2D eigenvalue weighted by atomic mass is 9.98. The van der Waals surface area contributed by atoms with E-state index in [1.807, 2.05) is 12.1 Å². The third kappa shape index (κ3) is 3.02. The van der Waals surface area contributed by atoms with Gasteiger partial charge in [-0.1, -0.05) is 42.8 Å². The van der Waals surface area contributed by atoms with Gasteiger partial charge in [0.1, 0.15) is 0 Å². The summed E-state index contributed by atoms with van der Waals surface area (Å²) < 4.78 is 2.45. The Morgan fingerprint density at radius 2 is 1.95 bits per heavy atom. The van der Waals surface area contributed by atoms with E-state index in [1.165, 1.54) is 21.2 Å². The molecule has 21 heavy (non-hydrogen) atoms. The molecule has 2 aromatic carbocycles. The van der Waals surface area contributed by atoms with E-state index in [0.29, 0.717) is 0 Å². The Bertz CT molecular complexity index is 751. The van der Waals surface area contributed by atoms with E-state index >= 15 is 0 Å². The normalized spacial score (nSPS) is 12.7. The average molecular weight is 381 g/mol. The number of fused-ring (bicyclic) bond motifs is 1. The summed E-state index contributed by atoms with van der Waals surface area (Å²) in [6.07, 6.45) is 0. The maximum atomic E-state index is 6.01. The lowest BCUT2D eigenvalue weighted by Gasteiger charge is -2.18. The maximum absolute atomic E-state index is 6.01. The highest BCUT2D eigenvalue weighted by Gasteiger charge is 2.17. The van der Waals surface area contributed by atoms with Gasteiger partial charge in [-0.25, -0.2) is 0 Å². The molecule has 1 unspecified atom stereocenters. The Morgan fingerprint density at radius 1 is 1.19 bits per heavy atom. The van der Waals surface area contributed by atoms with Crippen molar-refractivity contribution in [1.82, 2.24) is 5.32 Å². The maximum Gasteiger partial charge on any atom is 0.0591 e. The van der Waals surface area contributed by atoms with Gasteiger partial charge in [0, 0.05) is 14.2 Å². The summed E-state index contributed by atoms with van der Waals surface area (Å²) >= 11 is 11.4. The fourth-order valence-corrected chi connectivity index (χ4v) is 4.31. The van der Waals surface area contributed by atoms with E-state index < -0.39 is 0 Å². The van der Waals surface area contributed by atoms with E-state index in [2.05, 4.69) is 63.9 Å². The van der Waals surface area contributed by atoms with Crippen molar-refractivity contribution in [3.63, 3.8) is 0 Å². The molecule has 0 aliphatic carbocycles. The second-order valence-corrected chi connectivity index (χ2v) is 7.02. The number of nitrogens with one attached hydrogen (secondary N) is 1. The van der Waals surface area contributed by atoms with E-state index in [1.54, 1.807) is 11.3 Å². The minimum absolute atomic E-state index is 0.190. The lowest BCUT2D eigenvalue weighted by molar-refractivity contribution is 0.636. The van der Waals surface area contributed by atoms with Gasteiger partial charge in [0.2, 0.25) is 0 Å². The number of hydrogen-bond donors (Lipinski definition) is 1. The van der Waals surface area contributed by atoms with Crippen molar-refractivity contribution in [2.75, 3.05) is 6.54 Å². The molecular weight excluding hydrogens is 366 g/mol. The molecular formula is C17H15BrClNS. The van der Waals surface area contributed by atoms with Crippen molar-refractivity contribution in [3.05, 3.63) is 68.5 Å². The van der Waals surface area contributed by atoms with Gasteiger partial charge in [0.15, 0.2) is 0 Å². The van der Waals surface area contributed by atoms with Crippen molar-refractivity contribution in [2.45, 2.75) is 13.0 Å². The van der Waals surface area contributed by atoms with Gasteiger partial charge in [-0.3, -0.25) is 0 Å². The number of benzene rings is 2. The van der Waals surface area contributed by atoms with Crippen LogP contribution in [0.25, 0.3) is 10.1 Å². The van der Waals surface area contributed by atoms with Crippen LogP contribution < -0.4 is 5.32 Å². The van der Waals surface area contributed by atoms with E-state index in [4.69, 9.17) is 11.6 Å². The predicted octanol–water partition coefficient (Wildman–Crippen LogP) is 6.02. The van der Waals surface area contributed by atoms with Crippen LogP contribution in [-0.2, 0) is 0 Å². The molecule has 3 aromatic rings. The van der Waals surface area contributed by atoms with Crippen molar-refractivity contribution < 1.29 is 0 Å². The van der Waals surface area contributed by atoms with Gasteiger partial charge < -0.3 is 5.32 Å². The molecule has 1 nitrogen and oxygen atoms in total. The summed E-state index contributed by atoms with van der Waals surface area (Å²) in [7, 11) is 0. The van der Waals surface area contributed by atoms with Gasteiger partial charge in [0.05, 0.1) is 6.04 Å². The van der Waals surface area contributed by atoms with Crippen molar-refractivity contribution in [2.24, 2.45) is 0 Å². The predicted molar refractivity (Wildman–Crippen MR) is 96.5 cm³/mol. The smallest absolute Gasteiger partial charge is 0.0591 e. The highest BCUT2D eigenvalue weighted by molar-refractivity contribution is 9.10. The standard InChI is InChI=1S/C17H15BrClNS/c1-2-20-16(11-6-8-12(19)9-7-11)14-10-21-17-13(14)4-3-5-15(17)18/h3-10,16,20H,2H2,1H3. The summed E-state index contributed by atoms with van der Waals surface area (Å²) in [6.45, 7) is 3.05. The zero-order valence-electron chi connectivity index (χ0n) is 11.6. The first-order valence-electron chi connectivity index (χ1n) is 6.85. The van der Waals surface area contributed by atoms with Gasteiger partial charge in [-0.05, 0) is 62.6 Å². The highest BCUT2D eigenvalue weighted by Crippen LogP contribution is 2.37. The molecule has 4 heteroatoms. The molecule has 0 aliphatic heterocycles. The van der Waals surface area contributed by atoms with Gasteiger partial charge in [-0.15, -0.1) is 11.3 Å². The first-order chi connectivity index (χ1) is 10.2. The molecule has 1 atom stereocenters. The molecule has 3 rings (SSSR count). The Hall–Kier alpha value is -0.870. The summed E-state index contributed by atoms with van der Waals surface area (Å²) in [4.78, 5) is 0. The Balaban J connectivity index is 2.11. The minimum Gasteiger partial charge on any atom is -0.306 e.